The van der Waals surface area contributed by atoms with Crippen molar-refractivity contribution in [1.82, 2.24) is 9.80 Å². The van der Waals surface area contributed by atoms with Crippen LogP contribution in [0.3, 0.4) is 0 Å². The van der Waals surface area contributed by atoms with E-state index in [2.05, 4.69) is 0 Å². The summed E-state index contributed by atoms with van der Waals surface area (Å²) in [7, 11) is -1.55. The van der Waals surface area contributed by atoms with E-state index in [1.165, 1.54) is 0 Å². The maximum Gasteiger partial charge on any atom is 0.488 e. The molecule has 0 spiro atoms. The first-order valence-corrected chi connectivity index (χ1v) is 8.30. The molecule has 3 rings (SSSR count). The first-order chi connectivity index (χ1) is 11.6. The summed E-state index contributed by atoms with van der Waals surface area (Å²) in [6.45, 7) is 2.05. The predicted octanol–water partition coefficient (Wildman–Crippen LogP) is 0.362. The molecule has 0 aromatic heterocycles. The third kappa shape index (κ3) is 3.65. The lowest BCUT2D eigenvalue weighted by molar-refractivity contribution is 0.122. The second kappa shape index (κ2) is 7.40. The fraction of sp³-hybridized carbons (Fsp3) is 0.562. The van der Waals surface area contributed by atoms with Crippen LogP contribution >= 0.6 is 0 Å². The topological polar surface area (TPSA) is 73.2 Å². The molecule has 24 heavy (non-hydrogen) atoms. The van der Waals surface area contributed by atoms with Gasteiger partial charge in [0.2, 0.25) is 0 Å². The fourth-order valence-corrected chi connectivity index (χ4v) is 3.22. The van der Waals surface area contributed by atoms with Gasteiger partial charge in [0.05, 0.1) is 19.8 Å². The van der Waals surface area contributed by atoms with Gasteiger partial charge in [0.15, 0.2) is 0 Å². The number of fused-ring (bicyclic) bond motifs is 1. The summed E-state index contributed by atoms with van der Waals surface area (Å²) in [4.78, 5) is 16.2. The third-order valence-electron chi connectivity index (χ3n) is 4.74. The van der Waals surface area contributed by atoms with Gasteiger partial charge in [-0.3, -0.25) is 4.39 Å². The van der Waals surface area contributed by atoms with Gasteiger partial charge in [-0.1, -0.05) is 12.1 Å². The third-order valence-corrected chi connectivity index (χ3v) is 4.74. The van der Waals surface area contributed by atoms with Crippen molar-refractivity contribution in [2.75, 3.05) is 32.9 Å². The number of ether oxygens (including phenoxy) is 1. The molecule has 8 heteroatoms. The minimum atomic E-state index is -1.55. The van der Waals surface area contributed by atoms with Crippen molar-refractivity contribution in [3.63, 3.8) is 0 Å². The average Bonchev–Trinajstić information content (AvgIpc) is 2.82. The Bertz CT molecular complexity index is 593. The van der Waals surface area contributed by atoms with Crippen molar-refractivity contribution in [3.05, 3.63) is 23.8 Å². The van der Waals surface area contributed by atoms with Crippen LogP contribution in [0.4, 0.5) is 9.18 Å². The number of benzene rings is 1. The zero-order chi connectivity index (χ0) is 17.1. The highest BCUT2D eigenvalue weighted by Gasteiger charge is 2.28. The van der Waals surface area contributed by atoms with E-state index in [9.17, 15) is 19.2 Å². The van der Waals surface area contributed by atoms with Crippen LogP contribution in [0.2, 0.25) is 0 Å². The summed E-state index contributed by atoms with van der Waals surface area (Å²) in [5.74, 6) is 0.724. The number of amides is 2. The SMILES string of the molecule is O=C(N1CCC(CF)CC1)N1CCOc2ccc(B(O)O)cc2C1. The van der Waals surface area contributed by atoms with Crippen LogP contribution < -0.4 is 10.2 Å². The molecule has 1 saturated heterocycles. The van der Waals surface area contributed by atoms with Gasteiger partial charge in [-0.2, -0.15) is 0 Å². The molecule has 0 atom stereocenters. The van der Waals surface area contributed by atoms with E-state index in [-0.39, 0.29) is 18.6 Å². The number of halogens is 1. The Kier molecular flexibility index (Phi) is 5.25. The predicted molar refractivity (Wildman–Crippen MR) is 87.8 cm³/mol. The fourth-order valence-electron chi connectivity index (χ4n) is 3.22. The van der Waals surface area contributed by atoms with Gasteiger partial charge in [-0.25, -0.2) is 4.79 Å². The van der Waals surface area contributed by atoms with Gasteiger partial charge in [-0.15, -0.1) is 0 Å². The Morgan fingerprint density at radius 2 is 2.00 bits per heavy atom. The van der Waals surface area contributed by atoms with Gasteiger partial charge in [0.1, 0.15) is 12.4 Å². The summed E-state index contributed by atoms with van der Waals surface area (Å²) in [6, 6.07) is 4.88. The van der Waals surface area contributed by atoms with Crippen LogP contribution in [-0.2, 0) is 6.54 Å². The summed E-state index contributed by atoms with van der Waals surface area (Å²) in [6.07, 6.45) is 1.40. The lowest BCUT2D eigenvalue weighted by atomic mass is 9.79. The van der Waals surface area contributed by atoms with Crippen LogP contribution in [0, 0.1) is 5.92 Å². The van der Waals surface area contributed by atoms with E-state index in [0.717, 1.165) is 5.56 Å². The lowest BCUT2D eigenvalue weighted by Crippen LogP contribution is -2.47. The molecular weight excluding hydrogens is 314 g/mol. The van der Waals surface area contributed by atoms with E-state index in [4.69, 9.17) is 4.74 Å². The number of carbonyl (C=O) groups excluding carboxylic acids is 1. The van der Waals surface area contributed by atoms with E-state index in [1.54, 1.807) is 28.0 Å². The second-order valence-electron chi connectivity index (χ2n) is 6.38. The highest BCUT2D eigenvalue weighted by Crippen LogP contribution is 2.24. The van der Waals surface area contributed by atoms with Gasteiger partial charge in [0, 0.05) is 18.7 Å². The first kappa shape index (κ1) is 17.0. The zero-order valence-corrected chi connectivity index (χ0v) is 13.5. The standard InChI is InChI=1S/C16H22BFN2O4/c18-10-12-3-5-19(6-4-12)16(21)20-7-8-24-15-2-1-14(17(22)23)9-13(15)11-20/h1-2,9,12,22-23H,3-8,10-11H2. The normalized spacial score (nSPS) is 18.6. The van der Waals surface area contributed by atoms with Gasteiger partial charge >= 0.3 is 13.1 Å². The van der Waals surface area contributed by atoms with Crippen LogP contribution in [-0.4, -0.2) is 65.9 Å². The smallest absolute Gasteiger partial charge is 0.488 e. The molecule has 1 aromatic rings. The lowest BCUT2D eigenvalue weighted by Gasteiger charge is -2.34. The maximum absolute atomic E-state index is 12.7. The molecule has 2 amide bonds. The molecule has 0 saturated carbocycles. The molecule has 2 aliphatic heterocycles. The summed E-state index contributed by atoms with van der Waals surface area (Å²) >= 11 is 0. The van der Waals surface area contributed by atoms with Crippen LogP contribution in [0.5, 0.6) is 5.75 Å². The Hall–Kier alpha value is -1.80. The number of piperidine rings is 1. The molecule has 2 N–H and O–H groups in total. The Morgan fingerprint density at radius 1 is 1.25 bits per heavy atom. The Balaban J connectivity index is 1.71. The van der Waals surface area contributed by atoms with E-state index in [0.29, 0.717) is 56.8 Å². The number of alkyl halides is 1. The number of urea groups is 1. The van der Waals surface area contributed by atoms with Gasteiger partial charge in [0.25, 0.3) is 0 Å². The molecule has 1 aromatic carbocycles. The van der Waals surface area contributed by atoms with E-state index in [1.807, 2.05) is 0 Å². The molecule has 6 nitrogen and oxygen atoms in total. The average molecular weight is 336 g/mol. The number of likely N-dealkylation sites (tertiary alicyclic amines) is 1. The van der Waals surface area contributed by atoms with Crippen molar-refractivity contribution >= 4 is 18.6 Å². The first-order valence-electron chi connectivity index (χ1n) is 8.30. The van der Waals surface area contributed by atoms with Crippen molar-refractivity contribution < 1.29 is 24.0 Å². The van der Waals surface area contributed by atoms with Gasteiger partial charge in [-0.05, 0) is 30.3 Å². The van der Waals surface area contributed by atoms with Crippen LogP contribution in [0.15, 0.2) is 18.2 Å². The zero-order valence-electron chi connectivity index (χ0n) is 13.5. The van der Waals surface area contributed by atoms with Crippen molar-refractivity contribution in [1.29, 1.82) is 0 Å². The minimum Gasteiger partial charge on any atom is -0.491 e. The Morgan fingerprint density at radius 3 is 2.67 bits per heavy atom. The monoisotopic (exact) mass is 336 g/mol. The molecule has 0 bridgehead atoms. The Labute approximate surface area is 141 Å². The molecule has 130 valence electrons. The second-order valence-corrected chi connectivity index (χ2v) is 6.38. The molecule has 0 unspecified atom stereocenters. The number of hydrogen-bond acceptors (Lipinski definition) is 4. The summed E-state index contributed by atoms with van der Waals surface area (Å²) < 4.78 is 18.4. The van der Waals surface area contributed by atoms with Crippen LogP contribution in [0.1, 0.15) is 18.4 Å². The molecule has 0 radical (unpaired) electrons. The quantitative estimate of drug-likeness (QED) is 0.765. The number of rotatable bonds is 2. The van der Waals surface area contributed by atoms with E-state index < -0.39 is 7.12 Å². The van der Waals surface area contributed by atoms with Crippen molar-refractivity contribution in [2.24, 2.45) is 5.92 Å². The number of carbonyl (C=O) groups is 1. The maximum atomic E-state index is 12.7. The van der Waals surface area contributed by atoms with Crippen molar-refractivity contribution in [2.45, 2.75) is 19.4 Å². The molecule has 2 aliphatic rings. The van der Waals surface area contributed by atoms with E-state index >= 15 is 0 Å². The highest BCUT2D eigenvalue weighted by atomic mass is 19.1. The molecule has 2 heterocycles. The van der Waals surface area contributed by atoms with Crippen molar-refractivity contribution in [3.8, 4) is 5.75 Å². The molecule has 1 fully saturated rings. The van der Waals surface area contributed by atoms with Gasteiger partial charge < -0.3 is 24.6 Å². The largest absolute Gasteiger partial charge is 0.491 e. The summed E-state index contributed by atoms with van der Waals surface area (Å²) in [5, 5.41) is 18.6. The number of hydrogen-bond donors (Lipinski definition) is 2. The molecule has 0 aliphatic carbocycles. The minimum absolute atomic E-state index is 0.0656. The highest BCUT2D eigenvalue weighted by molar-refractivity contribution is 6.58. The summed E-state index contributed by atoms with van der Waals surface area (Å²) in [5.41, 5.74) is 1.13. The molecular formula is C16H22BFN2O4. The number of nitrogens with zero attached hydrogens (tertiary/aromatic N) is 2. The van der Waals surface area contributed by atoms with Crippen LogP contribution in [0.25, 0.3) is 0 Å².